The summed E-state index contributed by atoms with van der Waals surface area (Å²) in [6, 6.07) is 12.8. The van der Waals surface area contributed by atoms with Crippen LogP contribution < -0.4 is 15.5 Å². The Hall–Kier alpha value is -2.60. The fourth-order valence-electron chi connectivity index (χ4n) is 3.45. The zero-order chi connectivity index (χ0) is 19.8. The van der Waals surface area contributed by atoms with E-state index in [9.17, 15) is 0 Å². The quantitative estimate of drug-likeness (QED) is 0.595. The highest BCUT2D eigenvalue weighted by atomic mass is 15.3. The number of likely N-dealkylation sites (N-methyl/N-ethyl adjacent to an activating group) is 1. The van der Waals surface area contributed by atoms with Gasteiger partial charge in [-0.05, 0) is 36.7 Å². The van der Waals surface area contributed by atoms with Crippen LogP contribution in [0.2, 0.25) is 0 Å². The third-order valence-corrected chi connectivity index (χ3v) is 5.18. The van der Waals surface area contributed by atoms with Gasteiger partial charge in [-0.3, -0.25) is 4.99 Å². The predicted octanol–water partition coefficient (Wildman–Crippen LogP) is 2.40. The Morgan fingerprint density at radius 3 is 2.39 bits per heavy atom. The number of hydrogen-bond acceptors (Lipinski definition) is 4. The van der Waals surface area contributed by atoms with Crippen molar-refractivity contribution < 1.29 is 0 Å². The van der Waals surface area contributed by atoms with Crippen molar-refractivity contribution in [2.75, 3.05) is 44.7 Å². The van der Waals surface area contributed by atoms with Gasteiger partial charge in [0.1, 0.15) is 5.82 Å². The lowest BCUT2D eigenvalue weighted by Crippen LogP contribution is -2.46. The monoisotopic (exact) mass is 380 g/mol. The molecule has 0 saturated carbocycles. The molecule has 1 aliphatic heterocycles. The largest absolute Gasteiger partial charge is 0.354 e. The molecule has 2 aromatic rings. The summed E-state index contributed by atoms with van der Waals surface area (Å²) in [6.45, 7) is 11.2. The first-order valence-electron chi connectivity index (χ1n) is 10.1. The van der Waals surface area contributed by atoms with Crippen LogP contribution in [0, 0.1) is 6.92 Å². The normalized spacial score (nSPS) is 15.5. The minimum atomic E-state index is 0.720. The molecule has 1 fully saturated rings. The van der Waals surface area contributed by atoms with Crippen molar-refractivity contribution in [3.8, 4) is 0 Å². The van der Waals surface area contributed by atoms with Gasteiger partial charge in [-0.15, -0.1) is 0 Å². The molecule has 0 radical (unpaired) electrons. The molecule has 0 atom stereocenters. The highest BCUT2D eigenvalue weighted by Gasteiger charge is 2.16. The molecule has 2 N–H and O–H groups in total. The van der Waals surface area contributed by atoms with Gasteiger partial charge >= 0.3 is 0 Å². The number of rotatable bonds is 6. The van der Waals surface area contributed by atoms with E-state index in [0.717, 1.165) is 57.6 Å². The fraction of sp³-hybridized carbons (Fsp3) is 0.455. The number of pyridine rings is 1. The number of aromatic nitrogens is 1. The van der Waals surface area contributed by atoms with Crippen molar-refractivity contribution in [3.05, 3.63) is 59.3 Å². The molecule has 1 aromatic heterocycles. The minimum absolute atomic E-state index is 0.720. The first-order valence-corrected chi connectivity index (χ1v) is 10.1. The van der Waals surface area contributed by atoms with Crippen LogP contribution in [0.3, 0.4) is 0 Å². The maximum Gasteiger partial charge on any atom is 0.191 e. The molecule has 1 aliphatic rings. The lowest BCUT2D eigenvalue weighted by Gasteiger charge is -2.34. The first kappa shape index (κ1) is 20.1. The Kier molecular flexibility index (Phi) is 7.25. The Balaban J connectivity index is 1.52. The molecule has 6 nitrogen and oxygen atoms in total. The summed E-state index contributed by atoms with van der Waals surface area (Å²) in [7, 11) is 1.80. The topological polar surface area (TPSA) is 55.8 Å². The van der Waals surface area contributed by atoms with Gasteiger partial charge in [0.25, 0.3) is 0 Å². The number of hydrogen-bond donors (Lipinski definition) is 2. The van der Waals surface area contributed by atoms with Crippen LogP contribution in [0.25, 0.3) is 0 Å². The first-order chi connectivity index (χ1) is 13.7. The smallest absolute Gasteiger partial charge is 0.191 e. The van der Waals surface area contributed by atoms with E-state index in [1.807, 2.05) is 6.20 Å². The van der Waals surface area contributed by atoms with Crippen LogP contribution in [-0.4, -0.2) is 55.6 Å². The standard InChI is InChI=1S/C22H32N6/c1-4-27-10-12-28(13-11-27)21-15-20(8-9-24-21)17-26-22(23-3)25-16-19-7-5-6-18(2)14-19/h5-9,14-15H,4,10-13,16-17H2,1-3H3,(H2,23,25,26). The number of aryl methyl sites for hydroxylation is 1. The number of guanidine groups is 1. The van der Waals surface area contributed by atoms with Gasteiger partial charge in [-0.1, -0.05) is 36.8 Å². The molecule has 3 rings (SSSR count). The Labute approximate surface area is 168 Å². The number of piperazine rings is 1. The van der Waals surface area contributed by atoms with Crippen molar-refractivity contribution >= 4 is 11.8 Å². The highest BCUT2D eigenvalue weighted by Crippen LogP contribution is 2.15. The SMILES string of the molecule is CCN1CCN(c2cc(CNC(=NC)NCc3cccc(C)c3)ccn2)CC1. The molecule has 0 bridgehead atoms. The van der Waals surface area contributed by atoms with E-state index < -0.39 is 0 Å². The van der Waals surface area contributed by atoms with Gasteiger partial charge in [-0.25, -0.2) is 4.98 Å². The van der Waals surface area contributed by atoms with Crippen LogP contribution in [0.5, 0.6) is 0 Å². The maximum atomic E-state index is 4.58. The third kappa shape index (κ3) is 5.70. The summed E-state index contributed by atoms with van der Waals surface area (Å²) in [5.74, 6) is 1.87. The van der Waals surface area contributed by atoms with Gasteiger partial charge in [0.05, 0.1) is 0 Å². The van der Waals surface area contributed by atoms with Gasteiger partial charge in [0.2, 0.25) is 0 Å². The zero-order valence-electron chi connectivity index (χ0n) is 17.3. The minimum Gasteiger partial charge on any atom is -0.354 e. The van der Waals surface area contributed by atoms with E-state index in [2.05, 4.69) is 80.7 Å². The average Bonchev–Trinajstić information content (AvgIpc) is 2.74. The summed E-state index contributed by atoms with van der Waals surface area (Å²) >= 11 is 0. The molecular formula is C22H32N6. The summed E-state index contributed by atoms with van der Waals surface area (Å²) in [6.07, 6.45) is 1.90. The van der Waals surface area contributed by atoms with Gasteiger partial charge in [0.15, 0.2) is 5.96 Å². The number of nitrogens with zero attached hydrogens (tertiary/aromatic N) is 4. The van der Waals surface area contributed by atoms with Crippen LogP contribution in [-0.2, 0) is 13.1 Å². The molecule has 0 unspecified atom stereocenters. The second-order valence-electron chi connectivity index (χ2n) is 7.21. The van der Waals surface area contributed by atoms with Crippen molar-refractivity contribution in [1.29, 1.82) is 0 Å². The van der Waals surface area contributed by atoms with E-state index >= 15 is 0 Å². The van der Waals surface area contributed by atoms with Gasteiger partial charge < -0.3 is 20.4 Å². The summed E-state index contributed by atoms with van der Waals surface area (Å²) in [5, 5.41) is 6.78. The lowest BCUT2D eigenvalue weighted by atomic mass is 10.1. The predicted molar refractivity (Wildman–Crippen MR) is 117 cm³/mol. The van der Waals surface area contributed by atoms with Crippen molar-refractivity contribution in [2.45, 2.75) is 26.9 Å². The Morgan fingerprint density at radius 2 is 1.75 bits per heavy atom. The summed E-state index contributed by atoms with van der Waals surface area (Å²) in [5.41, 5.74) is 3.73. The Morgan fingerprint density at radius 1 is 1.04 bits per heavy atom. The second kappa shape index (κ2) is 10.1. The molecule has 0 amide bonds. The molecule has 2 heterocycles. The van der Waals surface area contributed by atoms with Crippen LogP contribution in [0.15, 0.2) is 47.6 Å². The second-order valence-corrected chi connectivity index (χ2v) is 7.21. The lowest BCUT2D eigenvalue weighted by molar-refractivity contribution is 0.270. The molecule has 28 heavy (non-hydrogen) atoms. The number of anilines is 1. The Bertz CT molecular complexity index is 780. The fourth-order valence-corrected chi connectivity index (χ4v) is 3.45. The van der Waals surface area contributed by atoms with Crippen LogP contribution in [0.1, 0.15) is 23.6 Å². The highest BCUT2D eigenvalue weighted by molar-refractivity contribution is 5.79. The van der Waals surface area contributed by atoms with Crippen molar-refractivity contribution in [2.24, 2.45) is 4.99 Å². The number of nitrogens with one attached hydrogen (secondary N) is 2. The van der Waals surface area contributed by atoms with Crippen molar-refractivity contribution in [1.82, 2.24) is 20.5 Å². The van der Waals surface area contributed by atoms with Gasteiger partial charge in [-0.2, -0.15) is 0 Å². The molecule has 0 aliphatic carbocycles. The average molecular weight is 381 g/mol. The number of benzene rings is 1. The molecule has 6 heteroatoms. The van der Waals surface area contributed by atoms with Crippen LogP contribution in [0.4, 0.5) is 5.82 Å². The number of aliphatic imine (C=N–C) groups is 1. The van der Waals surface area contributed by atoms with E-state index in [1.165, 1.54) is 16.7 Å². The summed E-state index contributed by atoms with van der Waals surface area (Å²) < 4.78 is 0. The molecule has 150 valence electrons. The van der Waals surface area contributed by atoms with Crippen molar-refractivity contribution in [3.63, 3.8) is 0 Å². The van der Waals surface area contributed by atoms with Gasteiger partial charge in [0, 0.05) is 52.5 Å². The zero-order valence-corrected chi connectivity index (χ0v) is 17.3. The van der Waals surface area contributed by atoms with E-state index in [4.69, 9.17) is 0 Å². The third-order valence-electron chi connectivity index (χ3n) is 5.18. The summed E-state index contributed by atoms with van der Waals surface area (Å²) in [4.78, 5) is 13.8. The molecular weight excluding hydrogens is 348 g/mol. The molecule has 1 saturated heterocycles. The molecule has 0 spiro atoms. The van der Waals surface area contributed by atoms with E-state index in [1.54, 1.807) is 7.05 Å². The van der Waals surface area contributed by atoms with Crippen LogP contribution >= 0.6 is 0 Å². The molecule has 1 aromatic carbocycles. The van der Waals surface area contributed by atoms with E-state index in [-0.39, 0.29) is 0 Å². The maximum absolute atomic E-state index is 4.58. The van der Waals surface area contributed by atoms with E-state index in [0.29, 0.717) is 0 Å².